The number of nitrogens with one attached hydrogen (secondary N) is 1. The van der Waals surface area contributed by atoms with Crippen LogP contribution in [-0.4, -0.2) is 63.1 Å². The standard InChI is InChI=1S/C25H50NO6P/c1-2-3-4-5-6-7-8-9-10-11-12-13-16-20-30-22-25(31-24-27)23-32-33(28,29)21-19-26-17-14-15-18-26/h24-25H,2-23H2,1H3,(H,28,29)/p+1. The molecule has 0 aromatic rings. The summed E-state index contributed by atoms with van der Waals surface area (Å²) in [5.74, 6) is 0. The Morgan fingerprint density at radius 3 is 1.97 bits per heavy atom. The molecule has 0 saturated carbocycles. The second-order valence-electron chi connectivity index (χ2n) is 9.54. The highest BCUT2D eigenvalue weighted by molar-refractivity contribution is 7.52. The maximum Gasteiger partial charge on any atom is 0.333 e. The van der Waals surface area contributed by atoms with Crippen LogP contribution in [0.15, 0.2) is 0 Å². The minimum absolute atomic E-state index is 0.111. The van der Waals surface area contributed by atoms with Crippen LogP contribution in [0.1, 0.15) is 103 Å². The number of rotatable bonds is 24. The fourth-order valence-electron chi connectivity index (χ4n) is 4.33. The Bertz CT molecular complexity index is 501. The lowest BCUT2D eigenvalue weighted by molar-refractivity contribution is -0.884. The largest absolute Gasteiger partial charge is 0.460 e. The lowest BCUT2D eigenvalue weighted by atomic mass is 10.0. The van der Waals surface area contributed by atoms with Crippen molar-refractivity contribution in [3.05, 3.63) is 0 Å². The van der Waals surface area contributed by atoms with Crippen molar-refractivity contribution in [3.63, 3.8) is 0 Å². The van der Waals surface area contributed by atoms with Crippen molar-refractivity contribution in [2.45, 2.75) is 109 Å². The topological polar surface area (TPSA) is 86.5 Å². The zero-order valence-corrected chi connectivity index (χ0v) is 22.0. The predicted octanol–water partition coefficient (Wildman–Crippen LogP) is 4.52. The van der Waals surface area contributed by atoms with Crippen molar-refractivity contribution in [1.82, 2.24) is 0 Å². The second-order valence-corrected chi connectivity index (χ2v) is 11.5. The third-order valence-corrected chi connectivity index (χ3v) is 7.81. The van der Waals surface area contributed by atoms with E-state index in [1.807, 2.05) is 0 Å². The van der Waals surface area contributed by atoms with Crippen molar-refractivity contribution in [3.8, 4) is 0 Å². The first-order valence-electron chi connectivity index (χ1n) is 13.5. The summed E-state index contributed by atoms with van der Waals surface area (Å²) in [5.41, 5.74) is 0. The van der Waals surface area contributed by atoms with Crippen molar-refractivity contribution in [1.29, 1.82) is 0 Å². The maximum absolute atomic E-state index is 12.2. The third-order valence-electron chi connectivity index (χ3n) is 6.46. The smallest absolute Gasteiger partial charge is 0.333 e. The highest BCUT2D eigenvalue weighted by atomic mass is 31.2. The Morgan fingerprint density at radius 2 is 1.42 bits per heavy atom. The third kappa shape index (κ3) is 18.5. The molecule has 0 bridgehead atoms. The molecule has 1 aliphatic heterocycles. The van der Waals surface area contributed by atoms with E-state index in [4.69, 9.17) is 14.0 Å². The minimum Gasteiger partial charge on any atom is -0.460 e. The lowest BCUT2D eigenvalue weighted by Gasteiger charge is -2.19. The number of carbonyl (C=O) groups excluding carboxylic acids is 1. The first kappa shape index (κ1) is 30.6. The molecule has 8 heteroatoms. The summed E-state index contributed by atoms with van der Waals surface area (Å²) in [5, 5.41) is 0. The van der Waals surface area contributed by atoms with E-state index in [2.05, 4.69) is 6.92 Å². The predicted molar refractivity (Wildman–Crippen MR) is 133 cm³/mol. The van der Waals surface area contributed by atoms with Crippen LogP contribution in [0.25, 0.3) is 0 Å². The SMILES string of the molecule is CCCCCCCCCCCCCCCOCC(COP(=O)(O)CC[NH+]1CCCC1)OC=O. The van der Waals surface area contributed by atoms with Crippen LogP contribution in [0.5, 0.6) is 0 Å². The van der Waals surface area contributed by atoms with Crippen LogP contribution in [0, 0.1) is 0 Å². The summed E-state index contributed by atoms with van der Waals surface area (Å²) < 4.78 is 28.0. The van der Waals surface area contributed by atoms with Crippen molar-refractivity contribution in [2.24, 2.45) is 0 Å². The van der Waals surface area contributed by atoms with Gasteiger partial charge in [0.2, 0.25) is 0 Å². The number of quaternary nitrogens is 1. The molecule has 1 heterocycles. The highest BCUT2D eigenvalue weighted by Crippen LogP contribution is 2.41. The van der Waals surface area contributed by atoms with E-state index in [0.29, 0.717) is 19.6 Å². The van der Waals surface area contributed by atoms with Crippen molar-refractivity contribution in [2.75, 3.05) is 45.6 Å². The summed E-state index contributed by atoms with van der Waals surface area (Å²) in [6.45, 7) is 6.05. The number of ether oxygens (including phenoxy) is 2. The maximum atomic E-state index is 12.2. The molecule has 0 radical (unpaired) electrons. The summed E-state index contributed by atoms with van der Waals surface area (Å²) in [7, 11) is -3.67. The molecule has 0 aromatic heterocycles. The first-order chi connectivity index (χ1) is 16.1. The molecular formula is C25H51NO6P+. The van der Waals surface area contributed by atoms with E-state index in [1.54, 1.807) is 0 Å². The van der Waals surface area contributed by atoms with Gasteiger partial charge in [0.25, 0.3) is 6.47 Å². The molecule has 0 aliphatic carbocycles. The Labute approximate surface area is 202 Å². The van der Waals surface area contributed by atoms with Gasteiger partial charge in [-0.15, -0.1) is 0 Å². The van der Waals surface area contributed by atoms with Gasteiger partial charge in [0.1, 0.15) is 6.10 Å². The van der Waals surface area contributed by atoms with Crippen molar-refractivity contribution < 1.29 is 33.2 Å². The van der Waals surface area contributed by atoms with Crippen LogP contribution in [0.3, 0.4) is 0 Å². The van der Waals surface area contributed by atoms with E-state index in [0.717, 1.165) is 25.9 Å². The zero-order valence-electron chi connectivity index (χ0n) is 21.1. The average molecular weight is 493 g/mol. The molecule has 1 saturated heterocycles. The second kappa shape index (κ2) is 20.9. The normalized spacial score (nSPS) is 17.2. The summed E-state index contributed by atoms with van der Waals surface area (Å²) >= 11 is 0. The molecular weight excluding hydrogens is 441 g/mol. The molecule has 2 N–H and O–H groups in total. The molecule has 1 rings (SSSR count). The van der Waals surface area contributed by atoms with Gasteiger partial charge in [-0.25, -0.2) is 0 Å². The average Bonchev–Trinajstić information content (AvgIpc) is 3.32. The summed E-state index contributed by atoms with van der Waals surface area (Å²) in [4.78, 5) is 22.1. The van der Waals surface area contributed by atoms with Gasteiger partial charge in [-0.2, -0.15) is 0 Å². The van der Waals surface area contributed by atoms with Gasteiger partial charge in [0, 0.05) is 19.4 Å². The van der Waals surface area contributed by atoms with Crippen LogP contribution in [0.2, 0.25) is 0 Å². The Hall–Kier alpha value is -0.460. The van der Waals surface area contributed by atoms with Crippen molar-refractivity contribution >= 4 is 14.1 Å². The fraction of sp³-hybridized carbons (Fsp3) is 0.960. The molecule has 0 amide bonds. The monoisotopic (exact) mass is 492 g/mol. The van der Waals surface area contributed by atoms with E-state index >= 15 is 0 Å². The van der Waals surface area contributed by atoms with Crippen LogP contribution in [-0.2, 0) is 23.4 Å². The molecule has 2 unspecified atom stereocenters. The van der Waals surface area contributed by atoms with Gasteiger partial charge >= 0.3 is 7.60 Å². The molecule has 0 spiro atoms. The Balaban J connectivity index is 1.96. The molecule has 2 atom stereocenters. The highest BCUT2D eigenvalue weighted by Gasteiger charge is 2.26. The molecule has 33 heavy (non-hydrogen) atoms. The van der Waals surface area contributed by atoms with Crippen LogP contribution >= 0.6 is 7.60 Å². The van der Waals surface area contributed by atoms with Crippen LogP contribution < -0.4 is 4.90 Å². The van der Waals surface area contributed by atoms with Gasteiger partial charge in [-0.1, -0.05) is 84.0 Å². The number of hydrogen-bond acceptors (Lipinski definition) is 5. The number of carbonyl (C=O) groups is 1. The summed E-state index contributed by atoms with van der Waals surface area (Å²) in [6.07, 6.45) is 18.8. The van der Waals surface area contributed by atoms with E-state index < -0.39 is 13.7 Å². The van der Waals surface area contributed by atoms with Crippen LogP contribution in [0.4, 0.5) is 0 Å². The first-order valence-corrected chi connectivity index (χ1v) is 15.3. The molecule has 7 nitrogen and oxygen atoms in total. The molecule has 196 valence electrons. The van der Waals surface area contributed by atoms with Gasteiger partial charge in [-0.3, -0.25) is 9.36 Å². The summed E-state index contributed by atoms with van der Waals surface area (Å²) in [6, 6.07) is 0. The number of likely N-dealkylation sites (tertiary alicyclic amines) is 1. The van der Waals surface area contributed by atoms with Gasteiger partial charge in [0.15, 0.2) is 0 Å². The van der Waals surface area contributed by atoms with Gasteiger partial charge < -0.3 is 23.8 Å². The Kier molecular flexibility index (Phi) is 19.3. The molecule has 1 aliphatic rings. The fourth-order valence-corrected chi connectivity index (χ4v) is 5.46. The lowest BCUT2D eigenvalue weighted by Crippen LogP contribution is -3.10. The number of unbranched alkanes of at least 4 members (excludes halogenated alkanes) is 12. The molecule has 0 aromatic carbocycles. The van der Waals surface area contributed by atoms with Gasteiger partial charge in [-0.05, 0) is 6.42 Å². The van der Waals surface area contributed by atoms with E-state index in [-0.39, 0.29) is 19.4 Å². The Morgan fingerprint density at radius 1 is 0.879 bits per heavy atom. The minimum atomic E-state index is -3.67. The van der Waals surface area contributed by atoms with Gasteiger partial charge in [0.05, 0.1) is 39.0 Å². The van der Waals surface area contributed by atoms with E-state index in [1.165, 1.54) is 88.4 Å². The molecule has 1 fully saturated rings. The number of hydrogen-bond donors (Lipinski definition) is 2. The quantitative estimate of drug-likeness (QED) is 0.117. The van der Waals surface area contributed by atoms with E-state index in [9.17, 15) is 14.3 Å². The zero-order chi connectivity index (χ0) is 24.0.